The maximum Gasteiger partial charge on any atom is 0.418 e. The molecule has 0 spiro atoms. The van der Waals surface area contributed by atoms with E-state index in [0.29, 0.717) is 5.69 Å². The summed E-state index contributed by atoms with van der Waals surface area (Å²) < 4.78 is 64.0. The molecule has 0 saturated carbocycles. The number of urea groups is 1. The topological polar surface area (TPSA) is 87.3 Å². The highest BCUT2D eigenvalue weighted by molar-refractivity contribution is 7.92. The van der Waals surface area contributed by atoms with Gasteiger partial charge in [-0.25, -0.2) is 13.2 Å². The maximum atomic E-state index is 12.9. The molecule has 0 aliphatic heterocycles. The molecule has 0 unspecified atom stereocenters. The lowest BCUT2D eigenvalue weighted by Gasteiger charge is -2.14. The fourth-order valence-electron chi connectivity index (χ4n) is 2.00. The van der Waals surface area contributed by atoms with Crippen molar-refractivity contribution in [3.8, 4) is 0 Å². The largest absolute Gasteiger partial charge is 0.418 e. The summed E-state index contributed by atoms with van der Waals surface area (Å²) >= 11 is 0. The molecule has 2 aromatic rings. The Morgan fingerprint density at radius 3 is 2.12 bits per heavy atom. The second-order valence-corrected chi connectivity index (χ2v) is 7.22. The second kappa shape index (κ2) is 7.65. The standard InChI is InChI=1S/C16H16F3N3O3S/c1-2-26(24,25)22-12-9-7-11(8-10-12)20-15(23)21-14-6-4-3-5-13(14)16(17,18)19/h3-10,22H,2H2,1H3,(H2,20,21,23). The van der Waals surface area contributed by atoms with Gasteiger partial charge in [0, 0.05) is 11.4 Å². The van der Waals surface area contributed by atoms with Gasteiger partial charge >= 0.3 is 12.2 Å². The molecule has 0 fully saturated rings. The van der Waals surface area contributed by atoms with Crippen LogP contribution in [-0.4, -0.2) is 20.2 Å². The predicted octanol–water partition coefficient (Wildman–Crippen LogP) is 4.11. The summed E-state index contributed by atoms with van der Waals surface area (Å²) in [6.07, 6.45) is -4.60. The van der Waals surface area contributed by atoms with Gasteiger partial charge in [0.2, 0.25) is 10.0 Å². The minimum Gasteiger partial charge on any atom is -0.308 e. The Bertz CT molecular complexity index is 882. The quantitative estimate of drug-likeness (QED) is 0.722. The number of amides is 2. The highest BCUT2D eigenvalue weighted by atomic mass is 32.2. The van der Waals surface area contributed by atoms with Crippen molar-refractivity contribution in [1.29, 1.82) is 0 Å². The van der Waals surface area contributed by atoms with Gasteiger partial charge < -0.3 is 10.6 Å². The van der Waals surface area contributed by atoms with Crippen molar-refractivity contribution in [3.63, 3.8) is 0 Å². The van der Waals surface area contributed by atoms with E-state index in [4.69, 9.17) is 0 Å². The van der Waals surface area contributed by atoms with Crippen LogP contribution in [0.5, 0.6) is 0 Å². The number of sulfonamides is 1. The maximum absolute atomic E-state index is 12.9. The van der Waals surface area contributed by atoms with Gasteiger partial charge in [-0.2, -0.15) is 13.2 Å². The number of nitrogens with one attached hydrogen (secondary N) is 3. The summed E-state index contributed by atoms with van der Waals surface area (Å²) in [5.41, 5.74) is -0.740. The van der Waals surface area contributed by atoms with E-state index in [-0.39, 0.29) is 17.1 Å². The number of halogens is 3. The zero-order chi connectivity index (χ0) is 19.4. The van der Waals surface area contributed by atoms with E-state index in [2.05, 4.69) is 15.4 Å². The zero-order valence-electron chi connectivity index (χ0n) is 13.6. The molecule has 3 N–H and O–H groups in total. The van der Waals surface area contributed by atoms with E-state index in [1.807, 2.05) is 0 Å². The van der Waals surface area contributed by atoms with E-state index in [1.54, 1.807) is 0 Å². The molecule has 0 radical (unpaired) electrons. The lowest BCUT2D eigenvalue weighted by atomic mass is 10.1. The number of rotatable bonds is 5. The van der Waals surface area contributed by atoms with Gasteiger partial charge in [-0.3, -0.25) is 4.72 Å². The van der Waals surface area contributed by atoms with Crippen molar-refractivity contribution in [2.75, 3.05) is 21.1 Å². The molecular weight excluding hydrogens is 371 g/mol. The highest BCUT2D eigenvalue weighted by Gasteiger charge is 2.33. The predicted molar refractivity (Wildman–Crippen MR) is 93.6 cm³/mol. The van der Waals surface area contributed by atoms with Gasteiger partial charge in [-0.15, -0.1) is 0 Å². The van der Waals surface area contributed by atoms with Gasteiger partial charge in [-0.1, -0.05) is 12.1 Å². The average Bonchev–Trinajstić information content (AvgIpc) is 2.56. The SMILES string of the molecule is CCS(=O)(=O)Nc1ccc(NC(=O)Nc2ccccc2C(F)(F)F)cc1. The van der Waals surface area contributed by atoms with Crippen molar-refractivity contribution in [2.24, 2.45) is 0 Å². The van der Waals surface area contributed by atoms with E-state index < -0.39 is 27.8 Å². The van der Waals surface area contributed by atoms with Gasteiger partial charge in [0.15, 0.2) is 0 Å². The second-order valence-electron chi connectivity index (χ2n) is 5.21. The van der Waals surface area contributed by atoms with Crippen LogP contribution in [0.2, 0.25) is 0 Å². The Kier molecular flexibility index (Phi) is 5.76. The Hall–Kier alpha value is -2.75. The normalized spacial score (nSPS) is 11.7. The van der Waals surface area contributed by atoms with E-state index >= 15 is 0 Å². The third-order valence-corrected chi connectivity index (χ3v) is 4.58. The molecule has 0 aromatic heterocycles. The summed E-state index contributed by atoms with van der Waals surface area (Å²) in [4.78, 5) is 11.9. The van der Waals surface area contributed by atoms with Gasteiger partial charge in [0.05, 0.1) is 17.0 Å². The van der Waals surface area contributed by atoms with Gasteiger partial charge in [-0.05, 0) is 43.3 Å². The lowest BCUT2D eigenvalue weighted by molar-refractivity contribution is -0.136. The Morgan fingerprint density at radius 1 is 0.962 bits per heavy atom. The van der Waals surface area contributed by atoms with E-state index in [1.165, 1.54) is 43.3 Å². The molecular formula is C16H16F3N3O3S. The summed E-state index contributed by atoms with van der Waals surface area (Å²) in [7, 11) is -3.42. The van der Waals surface area contributed by atoms with Gasteiger partial charge in [0.25, 0.3) is 0 Å². The molecule has 10 heteroatoms. The summed E-state index contributed by atoms with van der Waals surface area (Å²) in [5, 5.41) is 4.52. The molecule has 0 aliphatic rings. The van der Waals surface area contributed by atoms with Crippen LogP contribution >= 0.6 is 0 Å². The Balaban J connectivity index is 2.05. The van der Waals surface area contributed by atoms with Crippen LogP contribution in [-0.2, 0) is 16.2 Å². The molecule has 2 amide bonds. The molecule has 0 bridgehead atoms. The molecule has 0 saturated heterocycles. The van der Waals surface area contributed by atoms with Crippen molar-refractivity contribution < 1.29 is 26.4 Å². The summed E-state index contributed by atoms with van der Waals surface area (Å²) in [5.74, 6) is -0.0893. The third-order valence-electron chi connectivity index (χ3n) is 3.28. The Morgan fingerprint density at radius 2 is 1.54 bits per heavy atom. The Labute approximate surface area is 148 Å². The van der Waals surface area contributed by atoms with Crippen molar-refractivity contribution >= 4 is 33.1 Å². The van der Waals surface area contributed by atoms with Crippen molar-refractivity contribution in [2.45, 2.75) is 13.1 Å². The van der Waals surface area contributed by atoms with Crippen molar-refractivity contribution in [3.05, 3.63) is 54.1 Å². The van der Waals surface area contributed by atoms with E-state index in [0.717, 1.165) is 12.1 Å². The van der Waals surface area contributed by atoms with Crippen LogP contribution in [0.4, 0.5) is 35.0 Å². The summed E-state index contributed by atoms with van der Waals surface area (Å²) in [6, 6.07) is 9.44. The number of alkyl halides is 3. The fourth-order valence-corrected chi connectivity index (χ4v) is 2.64. The number of hydrogen-bond acceptors (Lipinski definition) is 3. The van der Waals surface area contributed by atoms with Crippen LogP contribution in [0.3, 0.4) is 0 Å². The molecule has 0 heterocycles. The minimum atomic E-state index is -4.60. The van der Waals surface area contributed by atoms with E-state index in [9.17, 15) is 26.4 Å². The number of benzene rings is 2. The van der Waals surface area contributed by atoms with Crippen LogP contribution in [0.15, 0.2) is 48.5 Å². The molecule has 26 heavy (non-hydrogen) atoms. The molecule has 2 aromatic carbocycles. The first-order chi connectivity index (χ1) is 12.1. The first kappa shape index (κ1) is 19.6. The molecule has 0 atom stereocenters. The fraction of sp³-hybridized carbons (Fsp3) is 0.188. The van der Waals surface area contributed by atoms with Gasteiger partial charge in [0.1, 0.15) is 0 Å². The molecule has 2 rings (SSSR count). The van der Waals surface area contributed by atoms with Crippen LogP contribution in [0.25, 0.3) is 0 Å². The first-order valence-corrected chi connectivity index (χ1v) is 9.11. The monoisotopic (exact) mass is 387 g/mol. The zero-order valence-corrected chi connectivity index (χ0v) is 14.4. The highest BCUT2D eigenvalue weighted by Crippen LogP contribution is 2.34. The first-order valence-electron chi connectivity index (χ1n) is 7.45. The molecule has 0 aliphatic carbocycles. The van der Waals surface area contributed by atoms with Crippen LogP contribution in [0, 0.1) is 0 Å². The average molecular weight is 387 g/mol. The molecule has 140 valence electrons. The smallest absolute Gasteiger partial charge is 0.308 e. The van der Waals surface area contributed by atoms with Crippen molar-refractivity contribution in [1.82, 2.24) is 0 Å². The number of hydrogen-bond donors (Lipinski definition) is 3. The number of carbonyl (C=O) groups excluding carboxylic acids is 1. The lowest BCUT2D eigenvalue weighted by Crippen LogP contribution is -2.21. The van der Waals surface area contributed by atoms with Crippen LogP contribution < -0.4 is 15.4 Å². The summed E-state index contributed by atoms with van der Waals surface area (Å²) in [6.45, 7) is 1.49. The number of carbonyl (C=O) groups is 1. The minimum absolute atomic E-state index is 0.0893. The number of anilines is 3. The third kappa shape index (κ3) is 5.38. The molecule has 6 nitrogen and oxygen atoms in total. The number of para-hydroxylation sites is 1. The van der Waals surface area contributed by atoms with Crippen LogP contribution in [0.1, 0.15) is 12.5 Å².